The van der Waals surface area contributed by atoms with E-state index in [9.17, 15) is 0 Å². The zero-order chi connectivity index (χ0) is 13.8. The van der Waals surface area contributed by atoms with Crippen LogP contribution in [0, 0.1) is 0 Å². The van der Waals surface area contributed by atoms with Crippen molar-refractivity contribution in [2.75, 3.05) is 24.5 Å². The van der Waals surface area contributed by atoms with Crippen molar-refractivity contribution >= 4 is 17.0 Å². The summed E-state index contributed by atoms with van der Waals surface area (Å²) < 4.78 is 0. The largest absolute Gasteiger partial charge is 0.335 e. The summed E-state index contributed by atoms with van der Waals surface area (Å²) in [7, 11) is 0. The van der Waals surface area contributed by atoms with E-state index in [4.69, 9.17) is 0 Å². The van der Waals surface area contributed by atoms with E-state index in [1.165, 1.54) is 19.3 Å². The van der Waals surface area contributed by atoms with Gasteiger partial charge in [-0.2, -0.15) is 0 Å². The fourth-order valence-corrected chi connectivity index (χ4v) is 2.78. The molecule has 0 spiro atoms. The van der Waals surface area contributed by atoms with Crippen LogP contribution in [0.5, 0.6) is 0 Å². The molecule has 0 bridgehead atoms. The van der Waals surface area contributed by atoms with E-state index >= 15 is 0 Å². The number of anilines is 1. The summed E-state index contributed by atoms with van der Waals surface area (Å²) >= 11 is 0. The first kappa shape index (κ1) is 13.2. The van der Waals surface area contributed by atoms with E-state index in [0.29, 0.717) is 6.04 Å². The Balaban J connectivity index is 1.86. The Bertz CT molecular complexity index is 571. The van der Waals surface area contributed by atoms with Gasteiger partial charge in [0.15, 0.2) is 0 Å². The zero-order valence-electron chi connectivity index (χ0n) is 11.9. The van der Waals surface area contributed by atoms with Crippen molar-refractivity contribution in [2.45, 2.75) is 32.2 Å². The van der Waals surface area contributed by atoms with Crippen molar-refractivity contribution in [3.05, 3.63) is 24.3 Å². The molecule has 1 fully saturated rings. The maximum Gasteiger partial charge on any atom is 0.246 e. The Hall–Kier alpha value is -1.75. The minimum atomic E-state index is 0.478. The molecule has 1 atom stereocenters. The highest BCUT2D eigenvalue weighted by atomic mass is 15.3. The normalized spacial score (nSPS) is 19.4. The fourth-order valence-electron chi connectivity index (χ4n) is 2.78. The van der Waals surface area contributed by atoms with Gasteiger partial charge >= 0.3 is 0 Å². The average Bonchev–Trinajstić information content (AvgIpc) is 2.53. The van der Waals surface area contributed by atoms with Gasteiger partial charge in [-0.05, 0) is 37.9 Å². The number of nitrogens with one attached hydrogen (secondary N) is 1. The minimum absolute atomic E-state index is 0.478. The van der Waals surface area contributed by atoms with Crippen molar-refractivity contribution in [3.63, 3.8) is 0 Å². The lowest BCUT2D eigenvalue weighted by atomic mass is 10.0. The number of hydrogen-bond acceptors (Lipinski definition) is 5. The Morgan fingerprint density at radius 3 is 2.90 bits per heavy atom. The smallest absolute Gasteiger partial charge is 0.246 e. The van der Waals surface area contributed by atoms with Crippen LogP contribution in [0.25, 0.3) is 11.0 Å². The highest BCUT2D eigenvalue weighted by Gasteiger charge is 2.24. The Kier molecular flexibility index (Phi) is 4.06. The average molecular weight is 271 g/mol. The summed E-state index contributed by atoms with van der Waals surface area (Å²) in [5.41, 5.74) is 1.78. The molecular weight excluding hydrogens is 250 g/mol. The molecule has 2 aromatic rings. The van der Waals surface area contributed by atoms with Gasteiger partial charge in [-0.15, -0.1) is 10.2 Å². The topological polar surface area (TPSA) is 53.9 Å². The lowest BCUT2D eigenvalue weighted by molar-refractivity contribution is 0.432. The van der Waals surface area contributed by atoms with E-state index in [0.717, 1.165) is 36.6 Å². The Morgan fingerprint density at radius 2 is 2.05 bits per heavy atom. The summed E-state index contributed by atoms with van der Waals surface area (Å²) in [6.45, 7) is 5.16. The summed E-state index contributed by atoms with van der Waals surface area (Å²) in [6, 6.07) is 8.38. The predicted molar refractivity (Wildman–Crippen MR) is 80.9 cm³/mol. The van der Waals surface area contributed by atoms with Gasteiger partial charge in [0.05, 0.1) is 5.52 Å². The van der Waals surface area contributed by atoms with Crippen LogP contribution in [0.15, 0.2) is 24.3 Å². The number of nitrogens with zero attached hydrogens (tertiary/aromatic N) is 4. The van der Waals surface area contributed by atoms with Crippen LogP contribution in [-0.2, 0) is 0 Å². The van der Waals surface area contributed by atoms with E-state index in [2.05, 4.69) is 32.3 Å². The number of fused-ring (bicyclic) bond motifs is 1. The molecule has 0 aliphatic carbocycles. The molecule has 1 aromatic carbocycles. The maximum atomic E-state index is 4.68. The van der Waals surface area contributed by atoms with Crippen LogP contribution in [0.2, 0.25) is 0 Å². The number of hydrogen-bond donors (Lipinski definition) is 1. The van der Waals surface area contributed by atoms with Gasteiger partial charge in [-0.25, -0.2) is 4.98 Å². The standard InChI is InChI=1S/C15H21N5/c1-2-16-11-12-7-5-6-10-20(12)15-17-13-8-3-4-9-14(13)18-19-15/h3-4,8-9,12,16H,2,5-7,10-11H2,1H3. The van der Waals surface area contributed by atoms with Crippen LogP contribution >= 0.6 is 0 Å². The van der Waals surface area contributed by atoms with Crippen LogP contribution in [-0.4, -0.2) is 40.9 Å². The molecule has 2 heterocycles. The quantitative estimate of drug-likeness (QED) is 0.921. The molecule has 1 saturated heterocycles. The summed E-state index contributed by atoms with van der Waals surface area (Å²) in [6.07, 6.45) is 3.69. The van der Waals surface area contributed by atoms with Gasteiger partial charge in [0.2, 0.25) is 5.95 Å². The van der Waals surface area contributed by atoms with Gasteiger partial charge in [0.25, 0.3) is 0 Å². The van der Waals surface area contributed by atoms with Crippen LogP contribution < -0.4 is 10.2 Å². The second-order valence-corrected chi connectivity index (χ2v) is 5.25. The van der Waals surface area contributed by atoms with Gasteiger partial charge < -0.3 is 10.2 Å². The molecule has 1 aromatic heterocycles. The molecular formula is C15H21N5. The second-order valence-electron chi connectivity index (χ2n) is 5.25. The van der Waals surface area contributed by atoms with Gasteiger partial charge in [-0.1, -0.05) is 19.1 Å². The molecule has 0 radical (unpaired) electrons. The fraction of sp³-hybridized carbons (Fsp3) is 0.533. The first-order valence-corrected chi connectivity index (χ1v) is 7.45. The van der Waals surface area contributed by atoms with E-state index < -0.39 is 0 Å². The number of benzene rings is 1. The molecule has 106 valence electrons. The van der Waals surface area contributed by atoms with Crippen LogP contribution in [0.1, 0.15) is 26.2 Å². The van der Waals surface area contributed by atoms with E-state index in [1.807, 2.05) is 24.3 Å². The third-order valence-corrected chi connectivity index (χ3v) is 3.86. The Morgan fingerprint density at radius 1 is 1.20 bits per heavy atom. The SMILES string of the molecule is CCNCC1CCCCN1c1nnc2ccccc2n1. The molecule has 0 amide bonds. The van der Waals surface area contributed by atoms with Crippen molar-refractivity contribution < 1.29 is 0 Å². The molecule has 20 heavy (non-hydrogen) atoms. The number of rotatable bonds is 4. The number of likely N-dealkylation sites (N-methyl/N-ethyl adjacent to an activating group) is 1. The van der Waals surface area contributed by atoms with Gasteiger partial charge in [0.1, 0.15) is 5.52 Å². The first-order chi connectivity index (χ1) is 9.88. The Labute approximate surface area is 119 Å². The highest BCUT2D eigenvalue weighted by molar-refractivity contribution is 5.74. The molecule has 1 N–H and O–H groups in total. The third-order valence-electron chi connectivity index (χ3n) is 3.86. The number of piperidine rings is 1. The van der Waals surface area contributed by atoms with Gasteiger partial charge in [-0.3, -0.25) is 0 Å². The highest BCUT2D eigenvalue weighted by Crippen LogP contribution is 2.22. The maximum absolute atomic E-state index is 4.68. The first-order valence-electron chi connectivity index (χ1n) is 7.45. The molecule has 5 heteroatoms. The minimum Gasteiger partial charge on any atom is -0.335 e. The number of para-hydroxylation sites is 1. The molecule has 1 unspecified atom stereocenters. The van der Waals surface area contributed by atoms with Gasteiger partial charge in [0, 0.05) is 19.1 Å². The zero-order valence-corrected chi connectivity index (χ0v) is 11.9. The summed E-state index contributed by atoms with van der Waals surface area (Å²) in [5.74, 6) is 0.770. The second kappa shape index (κ2) is 6.13. The third kappa shape index (κ3) is 2.72. The van der Waals surface area contributed by atoms with Crippen LogP contribution in [0.3, 0.4) is 0 Å². The molecule has 1 aliphatic heterocycles. The van der Waals surface area contributed by atoms with Crippen LogP contribution in [0.4, 0.5) is 5.95 Å². The monoisotopic (exact) mass is 271 g/mol. The lowest BCUT2D eigenvalue weighted by Crippen LogP contribution is -2.46. The molecule has 5 nitrogen and oxygen atoms in total. The predicted octanol–water partition coefficient (Wildman–Crippen LogP) is 1.99. The number of aromatic nitrogens is 3. The summed E-state index contributed by atoms with van der Waals surface area (Å²) in [4.78, 5) is 6.99. The molecule has 1 aliphatic rings. The summed E-state index contributed by atoms with van der Waals surface area (Å²) in [5, 5.41) is 12.1. The molecule has 3 rings (SSSR count). The van der Waals surface area contributed by atoms with Crippen molar-refractivity contribution in [1.82, 2.24) is 20.5 Å². The van der Waals surface area contributed by atoms with E-state index in [-0.39, 0.29) is 0 Å². The van der Waals surface area contributed by atoms with Crippen molar-refractivity contribution in [3.8, 4) is 0 Å². The van der Waals surface area contributed by atoms with Crippen molar-refractivity contribution in [2.24, 2.45) is 0 Å². The lowest BCUT2D eigenvalue weighted by Gasteiger charge is -2.35. The van der Waals surface area contributed by atoms with E-state index in [1.54, 1.807) is 0 Å². The van der Waals surface area contributed by atoms with Crippen molar-refractivity contribution in [1.29, 1.82) is 0 Å². The molecule has 0 saturated carbocycles.